The van der Waals surface area contributed by atoms with Crippen molar-refractivity contribution in [2.75, 3.05) is 13.6 Å². The molecule has 1 rings (SSSR count). The maximum Gasteiger partial charge on any atom is 0.126 e. The number of aliphatic hydroxyl groups is 1. The minimum absolute atomic E-state index is 0.220. The first-order chi connectivity index (χ1) is 6.56. The van der Waals surface area contributed by atoms with Gasteiger partial charge in [-0.1, -0.05) is 6.07 Å². The van der Waals surface area contributed by atoms with E-state index in [1.54, 1.807) is 27.0 Å². The molecule has 0 aromatic heterocycles. The molecule has 1 aromatic carbocycles. The third-order valence-corrected chi connectivity index (χ3v) is 2.30. The van der Waals surface area contributed by atoms with Gasteiger partial charge in [0.25, 0.3) is 0 Å². The fraction of sp³-hybridized carbons (Fsp3) is 0.455. The number of hydrogen-bond acceptors (Lipinski definition) is 2. The molecule has 0 saturated carbocycles. The summed E-state index contributed by atoms with van der Waals surface area (Å²) >= 11 is 0. The van der Waals surface area contributed by atoms with Crippen LogP contribution < -0.4 is 5.32 Å². The van der Waals surface area contributed by atoms with E-state index in [0.717, 1.165) is 11.1 Å². The first kappa shape index (κ1) is 11.1. The van der Waals surface area contributed by atoms with Crippen molar-refractivity contribution in [3.63, 3.8) is 0 Å². The number of hydrogen-bond donors (Lipinski definition) is 2. The second kappa shape index (κ2) is 4.53. The zero-order valence-electron chi connectivity index (χ0n) is 8.76. The van der Waals surface area contributed by atoms with Gasteiger partial charge in [-0.2, -0.15) is 0 Å². The summed E-state index contributed by atoms with van der Waals surface area (Å²) < 4.78 is 13.1. The number of nitrogens with one attached hydrogen (secondary N) is 1. The topological polar surface area (TPSA) is 32.3 Å². The van der Waals surface area contributed by atoms with Crippen LogP contribution in [0.15, 0.2) is 12.1 Å². The van der Waals surface area contributed by atoms with Crippen molar-refractivity contribution >= 4 is 0 Å². The predicted molar refractivity (Wildman–Crippen MR) is 54.8 cm³/mol. The highest BCUT2D eigenvalue weighted by molar-refractivity contribution is 5.33. The number of aliphatic hydroxyl groups excluding tert-OH is 1. The molecule has 0 aliphatic rings. The Balaban J connectivity index is 3.02. The second-order valence-corrected chi connectivity index (χ2v) is 3.53. The van der Waals surface area contributed by atoms with Gasteiger partial charge in [0.15, 0.2) is 0 Å². The summed E-state index contributed by atoms with van der Waals surface area (Å²) in [5, 5.41) is 12.6. The third kappa shape index (κ3) is 2.30. The van der Waals surface area contributed by atoms with Gasteiger partial charge in [0.2, 0.25) is 0 Å². The van der Waals surface area contributed by atoms with Crippen molar-refractivity contribution in [1.82, 2.24) is 5.32 Å². The van der Waals surface area contributed by atoms with Gasteiger partial charge in [-0.15, -0.1) is 0 Å². The van der Waals surface area contributed by atoms with Gasteiger partial charge >= 0.3 is 0 Å². The lowest BCUT2D eigenvalue weighted by Crippen LogP contribution is -2.17. The highest BCUT2D eigenvalue weighted by atomic mass is 19.1. The lowest BCUT2D eigenvalue weighted by Gasteiger charge is -2.14. The van der Waals surface area contributed by atoms with Gasteiger partial charge in [-0.05, 0) is 43.7 Å². The van der Waals surface area contributed by atoms with E-state index in [0.29, 0.717) is 12.1 Å². The zero-order valence-corrected chi connectivity index (χ0v) is 8.76. The van der Waals surface area contributed by atoms with Gasteiger partial charge in [-0.3, -0.25) is 0 Å². The molecule has 0 spiro atoms. The van der Waals surface area contributed by atoms with Crippen LogP contribution in [-0.4, -0.2) is 18.7 Å². The normalized spacial score (nSPS) is 12.9. The smallest absolute Gasteiger partial charge is 0.126 e. The molecule has 0 heterocycles. The molecule has 2 N–H and O–H groups in total. The Bertz CT molecular complexity index is 325. The molecule has 1 aromatic rings. The van der Waals surface area contributed by atoms with Crippen LogP contribution in [0.5, 0.6) is 0 Å². The van der Waals surface area contributed by atoms with Crippen LogP contribution in [0.2, 0.25) is 0 Å². The summed E-state index contributed by atoms with van der Waals surface area (Å²) in [7, 11) is 1.77. The first-order valence-electron chi connectivity index (χ1n) is 4.65. The molecular weight excluding hydrogens is 181 g/mol. The lowest BCUT2D eigenvalue weighted by molar-refractivity contribution is 0.177. The van der Waals surface area contributed by atoms with Crippen molar-refractivity contribution in [3.05, 3.63) is 34.6 Å². The standard InChI is InChI=1S/C11H16FNO/c1-7-5-10(12)8(2)4-9(7)11(14)6-13-3/h4-5,11,13-14H,6H2,1-3H3. The summed E-state index contributed by atoms with van der Waals surface area (Å²) in [5.41, 5.74) is 2.15. The largest absolute Gasteiger partial charge is 0.387 e. The van der Waals surface area contributed by atoms with E-state index in [1.807, 2.05) is 0 Å². The van der Waals surface area contributed by atoms with Crippen molar-refractivity contribution in [2.45, 2.75) is 20.0 Å². The van der Waals surface area contributed by atoms with Crippen LogP contribution in [0.4, 0.5) is 4.39 Å². The van der Waals surface area contributed by atoms with E-state index in [4.69, 9.17) is 0 Å². The molecule has 0 aliphatic carbocycles. The molecular formula is C11H16FNO. The van der Waals surface area contributed by atoms with E-state index in [1.165, 1.54) is 6.07 Å². The summed E-state index contributed by atoms with van der Waals surface area (Å²) in [6.07, 6.45) is -0.570. The molecule has 0 bridgehead atoms. The summed E-state index contributed by atoms with van der Waals surface area (Å²) in [5.74, 6) is -0.220. The molecule has 14 heavy (non-hydrogen) atoms. The first-order valence-corrected chi connectivity index (χ1v) is 4.65. The van der Waals surface area contributed by atoms with Crippen LogP contribution in [-0.2, 0) is 0 Å². The number of likely N-dealkylation sites (N-methyl/N-ethyl adjacent to an activating group) is 1. The highest BCUT2D eigenvalue weighted by Gasteiger charge is 2.11. The number of benzene rings is 1. The average Bonchev–Trinajstić information content (AvgIpc) is 2.11. The third-order valence-electron chi connectivity index (χ3n) is 2.30. The van der Waals surface area contributed by atoms with E-state index in [-0.39, 0.29) is 5.82 Å². The van der Waals surface area contributed by atoms with E-state index in [2.05, 4.69) is 5.32 Å². The highest BCUT2D eigenvalue weighted by Crippen LogP contribution is 2.20. The van der Waals surface area contributed by atoms with Gasteiger partial charge in [0.05, 0.1) is 6.10 Å². The van der Waals surface area contributed by atoms with Crippen molar-refractivity contribution < 1.29 is 9.50 Å². The summed E-state index contributed by atoms with van der Waals surface area (Å²) in [6.45, 7) is 3.98. The second-order valence-electron chi connectivity index (χ2n) is 3.53. The maximum atomic E-state index is 13.1. The summed E-state index contributed by atoms with van der Waals surface area (Å²) in [4.78, 5) is 0. The van der Waals surface area contributed by atoms with Gasteiger partial charge < -0.3 is 10.4 Å². The van der Waals surface area contributed by atoms with Crippen molar-refractivity contribution in [1.29, 1.82) is 0 Å². The summed E-state index contributed by atoms with van der Waals surface area (Å²) in [6, 6.07) is 3.16. The molecule has 2 nitrogen and oxygen atoms in total. The van der Waals surface area contributed by atoms with E-state index >= 15 is 0 Å². The van der Waals surface area contributed by atoms with Crippen LogP contribution in [0.1, 0.15) is 22.8 Å². The van der Waals surface area contributed by atoms with E-state index < -0.39 is 6.10 Å². The monoisotopic (exact) mass is 197 g/mol. The number of rotatable bonds is 3. The van der Waals surface area contributed by atoms with Gasteiger partial charge in [0, 0.05) is 6.54 Å². The zero-order chi connectivity index (χ0) is 10.7. The molecule has 1 unspecified atom stereocenters. The SMILES string of the molecule is CNCC(O)c1cc(C)c(F)cc1C. The number of aryl methyl sites for hydroxylation is 2. The minimum atomic E-state index is -0.570. The van der Waals surface area contributed by atoms with Crippen LogP contribution in [0.3, 0.4) is 0 Å². The molecule has 0 radical (unpaired) electrons. The van der Waals surface area contributed by atoms with E-state index in [9.17, 15) is 9.50 Å². The van der Waals surface area contributed by atoms with Crippen molar-refractivity contribution in [3.8, 4) is 0 Å². The van der Waals surface area contributed by atoms with Crippen LogP contribution in [0.25, 0.3) is 0 Å². The molecule has 1 atom stereocenters. The fourth-order valence-electron chi connectivity index (χ4n) is 1.47. The molecule has 0 saturated heterocycles. The molecule has 0 amide bonds. The Labute approximate surface area is 83.8 Å². The maximum absolute atomic E-state index is 13.1. The fourth-order valence-corrected chi connectivity index (χ4v) is 1.47. The van der Waals surface area contributed by atoms with Crippen molar-refractivity contribution in [2.24, 2.45) is 0 Å². The number of halogens is 1. The Kier molecular flexibility index (Phi) is 3.61. The Hall–Kier alpha value is -0.930. The lowest BCUT2D eigenvalue weighted by atomic mass is 10.0. The molecule has 78 valence electrons. The van der Waals surface area contributed by atoms with Gasteiger partial charge in [-0.25, -0.2) is 4.39 Å². The van der Waals surface area contributed by atoms with Gasteiger partial charge in [0.1, 0.15) is 5.82 Å². The Morgan fingerprint density at radius 2 is 2.00 bits per heavy atom. The molecule has 0 aliphatic heterocycles. The molecule has 3 heteroatoms. The quantitative estimate of drug-likeness (QED) is 0.773. The van der Waals surface area contributed by atoms with Crippen LogP contribution in [0, 0.1) is 19.7 Å². The van der Waals surface area contributed by atoms with Crippen LogP contribution >= 0.6 is 0 Å². The Morgan fingerprint density at radius 3 is 2.57 bits per heavy atom. The molecule has 0 fully saturated rings. The predicted octanol–water partition coefficient (Wildman–Crippen LogP) is 1.70. The average molecular weight is 197 g/mol. The minimum Gasteiger partial charge on any atom is -0.387 e. The Morgan fingerprint density at radius 1 is 1.36 bits per heavy atom.